The number of carbonyl (C=O) groups excluding carboxylic acids is 3. The number of methoxy groups -OCH3 is 1. The van der Waals surface area contributed by atoms with Crippen molar-refractivity contribution in [3.8, 4) is 5.75 Å². The summed E-state index contributed by atoms with van der Waals surface area (Å²) in [6.45, 7) is 9.05. The van der Waals surface area contributed by atoms with Crippen LogP contribution in [0, 0.1) is 5.92 Å². The lowest BCUT2D eigenvalue weighted by atomic mass is 9.85. The van der Waals surface area contributed by atoms with Gasteiger partial charge in [-0.3, -0.25) is 14.5 Å². The summed E-state index contributed by atoms with van der Waals surface area (Å²) in [6.07, 6.45) is -0.613. The number of ether oxygens (including phenoxy) is 2. The lowest BCUT2D eigenvalue weighted by Gasteiger charge is -2.44. The van der Waals surface area contributed by atoms with Crippen molar-refractivity contribution >= 4 is 23.5 Å². The maximum Gasteiger partial charge on any atom is 0.407 e. The summed E-state index contributed by atoms with van der Waals surface area (Å²) in [7, 11) is 1.55. The van der Waals surface area contributed by atoms with Crippen molar-refractivity contribution in [2.45, 2.75) is 52.3 Å². The summed E-state index contributed by atoms with van der Waals surface area (Å²) < 4.78 is 10.4. The highest BCUT2D eigenvalue weighted by atomic mass is 16.6. The predicted octanol–water partition coefficient (Wildman–Crippen LogP) is 2.53. The van der Waals surface area contributed by atoms with E-state index in [9.17, 15) is 14.4 Å². The molecule has 2 amide bonds. The smallest absolute Gasteiger partial charge is 0.407 e. The van der Waals surface area contributed by atoms with Crippen LogP contribution in [-0.4, -0.2) is 42.6 Å². The number of hydrogen-bond donors (Lipinski definition) is 1. The fourth-order valence-electron chi connectivity index (χ4n) is 2.82. The zero-order valence-corrected chi connectivity index (χ0v) is 16.0. The Morgan fingerprint density at radius 2 is 1.73 bits per heavy atom. The summed E-state index contributed by atoms with van der Waals surface area (Å²) in [5, 5.41) is 2.75. The number of anilines is 1. The number of hydrogen-bond acceptors (Lipinski definition) is 5. The molecule has 1 aromatic carbocycles. The van der Waals surface area contributed by atoms with Gasteiger partial charge >= 0.3 is 6.09 Å². The monoisotopic (exact) mass is 362 g/mol. The Morgan fingerprint density at radius 1 is 1.15 bits per heavy atom. The SMILES string of the molecule is COc1ccc(N2C(=O)C(=O)[C@H]2[C@@H](NC(=O)OC(C)(C)C)C(C)C)cc1. The second-order valence-electron chi connectivity index (χ2n) is 7.60. The van der Waals surface area contributed by atoms with Gasteiger partial charge in [0.25, 0.3) is 5.91 Å². The lowest BCUT2D eigenvalue weighted by molar-refractivity contribution is -0.144. The summed E-state index contributed by atoms with van der Waals surface area (Å²) in [5.41, 5.74) is -0.0715. The molecule has 0 radical (unpaired) electrons. The minimum absolute atomic E-state index is 0.0784. The number of carbonyl (C=O) groups is 3. The van der Waals surface area contributed by atoms with Gasteiger partial charge in [-0.15, -0.1) is 0 Å². The Hall–Kier alpha value is -2.57. The second-order valence-corrected chi connectivity index (χ2v) is 7.60. The van der Waals surface area contributed by atoms with Crippen molar-refractivity contribution in [3.63, 3.8) is 0 Å². The molecule has 1 N–H and O–H groups in total. The Kier molecular flexibility index (Phi) is 5.59. The van der Waals surface area contributed by atoms with Gasteiger partial charge in [-0.05, 0) is 51.0 Å². The maximum atomic E-state index is 12.3. The van der Waals surface area contributed by atoms with Crippen LogP contribution in [0.5, 0.6) is 5.75 Å². The molecule has 26 heavy (non-hydrogen) atoms. The number of alkyl carbamates (subject to hydrolysis) is 1. The second kappa shape index (κ2) is 7.35. The van der Waals surface area contributed by atoms with E-state index in [1.807, 2.05) is 13.8 Å². The molecule has 0 spiro atoms. The maximum absolute atomic E-state index is 12.3. The van der Waals surface area contributed by atoms with Crippen molar-refractivity contribution < 1.29 is 23.9 Å². The third-order valence-corrected chi connectivity index (χ3v) is 4.07. The van der Waals surface area contributed by atoms with Crippen molar-refractivity contribution in [1.29, 1.82) is 0 Å². The molecule has 0 aromatic heterocycles. The Balaban J connectivity index is 2.23. The van der Waals surface area contributed by atoms with Crippen molar-refractivity contribution in [2.24, 2.45) is 5.92 Å². The van der Waals surface area contributed by atoms with Gasteiger partial charge in [0.15, 0.2) is 0 Å². The average molecular weight is 362 g/mol. The molecule has 142 valence electrons. The first-order valence-electron chi connectivity index (χ1n) is 8.56. The molecule has 2 rings (SSSR count). The molecule has 1 aliphatic heterocycles. The van der Waals surface area contributed by atoms with Gasteiger partial charge in [-0.2, -0.15) is 0 Å². The van der Waals surface area contributed by atoms with Gasteiger partial charge in [-0.25, -0.2) is 4.79 Å². The fraction of sp³-hybridized carbons (Fsp3) is 0.526. The first-order valence-corrected chi connectivity index (χ1v) is 8.56. The predicted molar refractivity (Wildman–Crippen MR) is 97.3 cm³/mol. The van der Waals surface area contributed by atoms with Crippen LogP contribution < -0.4 is 15.0 Å². The molecule has 2 atom stereocenters. The number of nitrogens with one attached hydrogen (secondary N) is 1. The van der Waals surface area contributed by atoms with Gasteiger partial charge in [-0.1, -0.05) is 13.8 Å². The molecule has 7 heteroatoms. The molecule has 0 unspecified atom stereocenters. The highest BCUT2D eigenvalue weighted by Gasteiger charge is 2.52. The normalized spacial score (nSPS) is 18.4. The Morgan fingerprint density at radius 3 is 2.19 bits per heavy atom. The van der Waals surface area contributed by atoms with Crippen LogP contribution in [0.3, 0.4) is 0 Å². The van der Waals surface area contributed by atoms with E-state index in [2.05, 4.69) is 5.32 Å². The zero-order chi connectivity index (χ0) is 19.6. The van der Waals surface area contributed by atoms with Crippen LogP contribution in [0.2, 0.25) is 0 Å². The molecule has 0 aliphatic carbocycles. The van der Waals surface area contributed by atoms with E-state index in [0.717, 1.165) is 0 Å². The van der Waals surface area contributed by atoms with Gasteiger partial charge in [0.05, 0.1) is 13.2 Å². The third kappa shape index (κ3) is 4.15. The quantitative estimate of drug-likeness (QED) is 0.643. The number of ketones is 1. The van der Waals surface area contributed by atoms with Crippen LogP contribution >= 0.6 is 0 Å². The van der Waals surface area contributed by atoms with E-state index in [-0.39, 0.29) is 5.92 Å². The number of rotatable bonds is 5. The van der Waals surface area contributed by atoms with E-state index >= 15 is 0 Å². The summed E-state index contributed by atoms with van der Waals surface area (Å²) in [4.78, 5) is 38.0. The zero-order valence-electron chi connectivity index (χ0n) is 16.0. The topological polar surface area (TPSA) is 84.9 Å². The number of Topliss-reactive ketones (excluding diaryl/α,β-unsaturated/α-hetero) is 1. The molecule has 1 aliphatic rings. The summed E-state index contributed by atoms with van der Waals surface area (Å²) in [5.74, 6) is -0.533. The van der Waals surface area contributed by atoms with Crippen LogP contribution in [0.15, 0.2) is 24.3 Å². The number of nitrogens with zero attached hydrogens (tertiary/aromatic N) is 1. The number of benzene rings is 1. The van der Waals surface area contributed by atoms with Gasteiger partial charge in [0.1, 0.15) is 17.4 Å². The van der Waals surface area contributed by atoms with Crippen LogP contribution in [0.4, 0.5) is 10.5 Å². The van der Waals surface area contributed by atoms with Crippen molar-refractivity contribution in [1.82, 2.24) is 5.32 Å². The molecular weight excluding hydrogens is 336 g/mol. The van der Waals surface area contributed by atoms with E-state index < -0.39 is 35.5 Å². The van der Waals surface area contributed by atoms with Crippen LogP contribution in [0.25, 0.3) is 0 Å². The Labute approximate surface area is 153 Å². The molecular formula is C19H26N2O5. The van der Waals surface area contributed by atoms with E-state index in [0.29, 0.717) is 11.4 Å². The van der Waals surface area contributed by atoms with Crippen molar-refractivity contribution in [2.75, 3.05) is 12.0 Å². The standard InChI is InChI=1S/C19H26N2O5/c1-11(2)14(20-18(24)26-19(3,4)5)15-16(22)17(23)21(15)12-7-9-13(25-6)10-8-12/h7-11,14-15H,1-6H3,(H,20,24)/t14-,15+/m0/s1. The first kappa shape index (κ1) is 19.8. The third-order valence-electron chi connectivity index (χ3n) is 4.07. The van der Waals surface area contributed by atoms with E-state index in [4.69, 9.17) is 9.47 Å². The summed E-state index contributed by atoms with van der Waals surface area (Å²) in [6, 6.07) is 5.53. The Bertz CT molecular complexity index is 691. The molecule has 1 aromatic rings. The number of amides is 2. The highest BCUT2D eigenvalue weighted by Crippen LogP contribution is 2.31. The van der Waals surface area contributed by atoms with Gasteiger partial charge < -0.3 is 14.8 Å². The molecule has 1 fully saturated rings. The largest absolute Gasteiger partial charge is 0.497 e. The van der Waals surface area contributed by atoms with Gasteiger partial charge in [0.2, 0.25) is 5.78 Å². The summed E-state index contributed by atoms with van der Waals surface area (Å²) >= 11 is 0. The lowest BCUT2D eigenvalue weighted by Crippen LogP contribution is -2.71. The average Bonchev–Trinajstić information content (AvgIpc) is 2.55. The van der Waals surface area contributed by atoms with Crippen LogP contribution in [-0.2, 0) is 14.3 Å². The fourth-order valence-corrected chi connectivity index (χ4v) is 2.82. The van der Waals surface area contributed by atoms with Gasteiger partial charge in [0, 0.05) is 5.69 Å². The van der Waals surface area contributed by atoms with E-state index in [1.165, 1.54) is 4.90 Å². The molecule has 0 bridgehead atoms. The molecule has 7 nitrogen and oxygen atoms in total. The van der Waals surface area contributed by atoms with E-state index in [1.54, 1.807) is 52.1 Å². The highest BCUT2D eigenvalue weighted by molar-refractivity contribution is 6.52. The molecule has 1 heterocycles. The van der Waals surface area contributed by atoms with Crippen LogP contribution in [0.1, 0.15) is 34.6 Å². The minimum Gasteiger partial charge on any atom is -0.497 e. The minimum atomic E-state index is -0.761. The molecule has 1 saturated heterocycles. The molecule has 0 saturated carbocycles. The van der Waals surface area contributed by atoms with Crippen molar-refractivity contribution in [3.05, 3.63) is 24.3 Å². The number of β-lactam (4-membered cyclic amide) rings is 1. The first-order chi connectivity index (χ1) is 12.0.